The molecule has 0 spiro atoms. The summed E-state index contributed by atoms with van der Waals surface area (Å²) in [5.74, 6) is -0.849. The number of carboxylic acid groups (broad SMARTS) is 1. The van der Waals surface area contributed by atoms with Crippen molar-refractivity contribution in [3.8, 4) is 0 Å². The summed E-state index contributed by atoms with van der Waals surface area (Å²) in [6, 6.07) is 0. The smallest absolute Gasteiger partial charge is 0.317 e. The molecule has 10 heavy (non-hydrogen) atoms. The molecule has 0 aliphatic heterocycles. The second-order valence-corrected chi connectivity index (χ2v) is 1.36. The van der Waals surface area contributed by atoms with E-state index in [2.05, 4.69) is 5.32 Å². The van der Waals surface area contributed by atoms with Crippen molar-refractivity contribution in [3.05, 3.63) is 0 Å². The van der Waals surface area contributed by atoms with Crippen LogP contribution in [0.15, 0.2) is 0 Å². The first kappa shape index (κ1) is 17.5. The Hall–Kier alpha value is 1.39. The molecule has 0 bridgehead atoms. The van der Waals surface area contributed by atoms with Crippen LogP contribution in [-0.4, -0.2) is 89.8 Å². The van der Waals surface area contributed by atoms with Crippen LogP contribution in [0.4, 0.5) is 0 Å². The normalized spacial score (nSPS) is 7.30. The monoisotopic (exact) mass is 164 g/mol. The number of carbonyl (C=O) groups is 1. The van der Waals surface area contributed by atoms with Gasteiger partial charge in [-0.1, -0.05) is 0 Å². The van der Waals surface area contributed by atoms with E-state index in [4.69, 9.17) is 10.8 Å². The summed E-state index contributed by atoms with van der Waals surface area (Å²) in [5, 5.41) is 10.6. The molecule has 0 unspecified atom stereocenters. The number of carboxylic acids is 1. The summed E-state index contributed by atoms with van der Waals surface area (Å²) < 4.78 is 0. The average Bonchev–Trinajstić information content (AvgIpc) is 1.66. The van der Waals surface area contributed by atoms with Crippen LogP contribution in [0.3, 0.4) is 0 Å². The minimum Gasteiger partial charge on any atom is -0.480 e. The SMILES string of the molecule is NCCNCC(=O)O.[Na].[Na]. The Bertz CT molecular complexity index is 81.7. The Morgan fingerprint density at radius 1 is 1.50 bits per heavy atom. The topological polar surface area (TPSA) is 75.3 Å². The number of aliphatic carboxylic acids is 1. The first-order chi connectivity index (χ1) is 3.77. The van der Waals surface area contributed by atoms with Crippen molar-refractivity contribution in [1.29, 1.82) is 0 Å². The molecule has 6 heteroatoms. The summed E-state index contributed by atoms with van der Waals surface area (Å²) >= 11 is 0. The second-order valence-electron chi connectivity index (χ2n) is 1.36. The third-order valence-electron chi connectivity index (χ3n) is 0.597. The maximum Gasteiger partial charge on any atom is 0.317 e. The molecular formula is C4H10N2Na2O2. The first-order valence-electron chi connectivity index (χ1n) is 2.40. The minimum absolute atomic E-state index is 0. The van der Waals surface area contributed by atoms with Gasteiger partial charge in [-0.3, -0.25) is 4.79 Å². The number of rotatable bonds is 4. The number of hydrogen-bond donors (Lipinski definition) is 3. The zero-order chi connectivity index (χ0) is 6.41. The predicted octanol–water partition coefficient (Wildman–Crippen LogP) is -2.14. The summed E-state index contributed by atoms with van der Waals surface area (Å²) in [6.07, 6.45) is 0. The van der Waals surface area contributed by atoms with Gasteiger partial charge >= 0.3 is 5.97 Å². The Morgan fingerprint density at radius 2 is 2.00 bits per heavy atom. The van der Waals surface area contributed by atoms with E-state index in [0.29, 0.717) is 13.1 Å². The van der Waals surface area contributed by atoms with E-state index >= 15 is 0 Å². The standard InChI is InChI=1S/C4H10N2O2.2Na/c5-1-2-6-3-4(7)8;;/h6H,1-3,5H2,(H,7,8);;. The molecule has 0 saturated heterocycles. The molecule has 4 N–H and O–H groups in total. The van der Waals surface area contributed by atoms with Gasteiger partial charge in [0, 0.05) is 72.2 Å². The van der Waals surface area contributed by atoms with E-state index in [9.17, 15) is 4.79 Å². The van der Waals surface area contributed by atoms with Gasteiger partial charge in [0.05, 0.1) is 6.54 Å². The largest absolute Gasteiger partial charge is 0.480 e. The van der Waals surface area contributed by atoms with Gasteiger partial charge in [-0.15, -0.1) is 0 Å². The maximum absolute atomic E-state index is 9.77. The van der Waals surface area contributed by atoms with Gasteiger partial charge in [0.1, 0.15) is 0 Å². The van der Waals surface area contributed by atoms with E-state index in [1.807, 2.05) is 0 Å². The van der Waals surface area contributed by atoms with E-state index in [0.717, 1.165) is 0 Å². The number of nitrogens with two attached hydrogens (primary N) is 1. The summed E-state index contributed by atoms with van der Waals surface area (Å²) in [5.41, 5.74) is 5.06. The van der Waals surface area contributed by atoms with Crippen LogP contribution in [0.25, 0.3) is 0 Å². The van der Waals surface area contributed by atoms with Gasteiger partial charge in [0.15, 0.2) is 0 Å². The molecule has 0 rings (SSSR count). The predicted molar refractivity (Wildman–Crippen MR) is 41.1 cm³/mol. The number of hydrogen-bond acceptors (Lipinski definition) is 3. The van der Waals surface area contributed by atoms with Crippen molar-refractivity contribution in [1.82, 2.24) is 5.32 Å². The van der Waals surface area contributed by atoms with Crippen molar-refractivity contribution in [2.75, 3.05) is 19.6 Å². The van der Waals surface area contributed by atoms with Crippen LogP contribution in [-0.2, 0) is 4.79 Å². The third kappa shape index (κ3) is 16.2. The van der Waals surface area contributed by atoms with E-state index in [1.54, 1.807) is 0 Å². The molecule has 0 atom stereocenters. The van der Waals surface area contributed by atoms with Gasteiger partial charge in [0.2, 0.25) is 0 Å². The van der Waals surface area contributed by atoms with Crippen molar-refractivity contribution in [2.24, 2.45) is 5.73 Å². The minimum atomic E-state index is -0.849. The molecule has 0 aliphatic carbocycles. The molecule has 0 aromatic rings. The van der Waals surface area contributed by atoms with Crippen molar-refractivity contribution < 1.29 is 9.90 Å². The molecule has 0 amide bonds. The van der Waals surface area contributed by atoms with Gasteiger partial charge < -0.3 is 16.2 Å². The molecule has 2 radical (unpaired) electrons. The zero-order valence-corrected chi connectivity index (χ0v) is 10.6. The fraction of sp³-hybridized carbons (Fsp3) is 0.750. The summed E-state index contributed by atoms with van der Waals surface area (Å²) in [6.45, 7) is 1.04. The Balaban J connectivity index is -0.000000245. The van der Waals surface area contributed by atoms with Crippen LogP contribution >= 0.6 is 0 Å². The quantitative estimate of drug-likeness (QED) is 0.327. The molecule has 0 aliphatic rings. The molecular weight excluding hydrogens is 154 g/mol. The first-order valence-corrected chi connectivity index (χ1v) is 2.40. The summed E-state index contributed by atoms with van der Waals surface area (Å²) in [4.78, 5) is 9.77. The van der Waals surface area contributed by atoms with Crippen molar-refractivity contribution in [3.63, 3.8) is 0 Å². The van der Waals surface area contributed by atoms with Gasteiger partial charge in [-0.05, 0) is 0 Å². The average molecular weight is 164 g/mol. The van der Waals surface area contributed by atoms with Crippen LogP contribution in [0.2, 0.25) is 0 Å². The van der Waals surface area contributed by atoms with Gasteiger partial charge in [-0.2, -0.15) is 0 Å². The van der Waals surface area contributed by atoms with E-state index in [-0.39, 0.29) is 65.7 Å². The molecule has 0 fully saturated rings. The molecule has 0 heterocycles. The van der Waals surface area contributed by atoms with Crippen LogP contribution in [0.1, 0.15) is 0 Å². The zero-order valence-electron chi connectivity index (χ0n) is 6.55. The van der Waals surface area contributed by atoms with Crippen LogP contribution < -0.4 is 11.1 Å². The van der Waals surface area contributed by atoms with Gasteiger partial charge in [0.25, 0.3) is 0 Å². The molecule has 0 saturated carbocycles. The molecule has 50 valence electrons. The van der Waals surface area contributed by atoms with Crippen LogP contribution in [0.5, 0.6) is 0 Å². The molecule has 0 aromatic heterocycles. The van der Waals surface area contributed by atoms with E-state index in [1.165, 1.54) is 0 Å². The Morgan fingerprint density at radius 3 is 2.30 bits per heavy atom. The van der Waals surface area contributed by atoms with Crippen molar-refractivity contribution >= 4 is 65.1 Å². The summed E-state index contributed by atoms with van der Waals surface area (Å²) in [7, 11) is 0. The third-order valence-corrected chi connectivity index (χ3v) is 0.597. The Labute approximate surface area is 105 Å². The van der Waals surface area contributed by atoms with Crippen LogP contribution in [0, 0.1) is 0 Å². The molecule has 0 aromatic carbocycles. The van der Waals surface area contributed by atoms with E-state index < -0.39 is 5.97 Å². The Kier molecular flexibility index (Phi) is 22.7. The van der Waals surface area contributed by atoms with Gasteiger partial charge in [-0.25, -0.2) is 0 Å². The maximum atomic E-state index is 9.77. The second kappa shape index (κ2) is 13.0. The van der Waals surface area contributed by atoms with Crippen molar-refractivity contribution in [2.45, 2.75) is 0 Å². The fourth-order valence-electron chi connectivity index (χ4n) is 0.297. The molecule has 4 nitrogen and oxygen atoms in total. The fourth-order valence-corrected chi connectivity index (χ4v) is 0.297. The number of nitrogens with one attached hydrogen (secondary N) is 1.